The molecule has 0 radical (unpaired) electrons. The number of rotatable bonds is 3. The van der Waals surface area contributed by atoms with Gasteiger partial charge in [-0.25, -0.2) is 8.42 Å². The molecular weight excluding hydrogens is 328 g/mol. The van der Waals surface area contributed by atoms with Crippen LogP contribution in [0.15, 0.2) is 29.2 Å². The molecule has 0 amide bonds. The summed E-state index contributed by atoms with van der Waals surface area (Å²) in [7, 11) is -1.91. The average Bonchev–Trinajstić information content (AvgIpc) is 2.79. The normalized spacial score (nSPS) is 22.8. The molecule has 2 aromatic rings. The van der Waals surface area contributed by atoms with Crippen molar-refractivity contribution >= 4 is 26.9 Å². The molecule has 1 fully saturated rings. The van der Waals surface area contributed by atoms with Crippen LogP contribution in [-0.2, 0) is 21.9 Å². The van der Waals surface area contributed by atoms with Crippen molar-refractivity contribution in [1.82, 2.24) is 8.87 Å². The van der Waals surface area contributed by atoms with Gasteiger partial charge < -0.3 is 9.67 Å². The first-order chi connectivity index (χ1) is 11.2. The minimum absolute atomic E-state index is 0.0184. The lowest BCUT2D eigenvalue weighted by Gasteiger charge is -2.33. The third-order valence-corrected chi connectivity index (χ3v) is 6.92. The van der Waals surface area contributed by atoms with Gasteiger partial charge in [0, 0.05) is 36.7 Å². The number of carbonyl (C=O) groups is 1. The van der Waals surface area contributed by atoms with E-state index in [0.717, 1.165) is 5.52 Å². The zero-order valence-corrected chi connectivity index (χ0v) is 14.9. The van der Waals surface area contributed by atoms with Gasteiger partial charge in [0.15, 0.2) is 0 Å². The van der Waals surface area contributed by atoms with Gasteiger partial charge in [0.1, 0.15) is 4.90 Å². The Balaban J connectivity index is 2.12. The summed E-state index contributed by atoms with van der Waals surface area (Å²) in [5.41, 5.74) is 1.52. The SMILES string of the molecule is Cc1c(S(=O)(=O)N2CC(C)CC(C(=O)O)C2)c2ccccc2n1C. The van der Waals surface area contributed by atoms with Crippen LogP contribution in [0.5, 0.6) is 0 Å². The fourth-order valence-electron chi connectivity index (χ4n) is 3.62. The average molecular weight is 350 g/mol. The number of benzene rings is 1. The molecule has 1 N–H and O–H groups in total. The van der Waals surface area contributed by atoms with Gasteiger partial charge in [0.05, 0.1) is 5.92 Å². The summed E-state index contributed by atoms with van der Waals surface area (Å²) in [4.78, 5) is 11.7. The Morgan fingerprint density at radius 3 is 2.58 bits per heavy atom. The van der Waals surface area contributed by atoms with Crippen LogP contribution in [0.3, 0.4) is 0 Å². The molecule has 1 aromatic carbocycles. The Morgan fingerprint density at radius 2 is 1.92 bits per heavy atom. The van der Waals surface area contributed by atoms with Gasteiger partial charge in [-0.05, 0) is 25.3 Å². The lowest BCUT2D eigenvalue weighted by atomic mass is 9.92. The van der Waals surface area contributed by atoms with E-state index in [1.165, 1.54) is 4.31 Å². The minimum Gasteiger partial charge on any atom is -0.481 e. The van der Waals surface area contributed by atoms with Crippen molar-refractivity contribution in [3.05, 3.63) is 30.0 Å². The van der Waals surface area contributed by atoms with E-state index in [0.29, 0.717) is 28.9 Å². The highest BCUT2D eigenvalue weighted by atomic mass is 32.2. The van der Waals surface area contributed by atoms with Crippen LogP contribution < -0.4 is 0 Å². The number of aliphatic carboxylic acids is 1. The lowest BCUT2D eigenvalue weighted by molar-refractivity contribution is -0.143. The largest absolute Gasteiger partial charge is 0.481 e. The zero-order valence-electron chi connectivity index (χ0n) is 14.1. The highest BCUT2D eigenvalue weighted by molar-refractivity contribution is 7.89. The van der Waals surface area contributed by atoms with Crippen LogP contribution in [0.2, 0.25) is 0 Å². The van der Waals surface area contributed by atoms with Crippen LogP contribution >= 0.6 is 0 Å². The van der Waals surface area contributed by atoms with E-state index in [1.807, 2.05) is 36.7 Å². The third-order valence-electron chi connectivity index (χ3n) is 4.92. The zero-order chi connectivity index (χ0) is 17.6. The van der Waals surface area contributed by atoms with E-state index in [9.17, 15) is 18.3 Å². The summed E-state index contributed by atoms with van der Waals surface area (Å²) >= 11 is 0. The molecule has 6 nitrogen and oxygen atoms in total. The number of sulfonamides is 1. The molecular formula is C17H22N2O4S. The topological polar surface area (TPSA) is 79.6 Å². The van der Waals surface area contributed by atoms with Gasteiger partial charge in [-0.3, -0.25) is 4.79 Å². The molecule has 2 unspecified atom stereocenters. The molecule has 130 valence electrons. The maximum Gasteiger partial charge on any atom is 0.307 e. The fraction of sp³-hybridized carbons (Fsp3) is 0.471. The van der Waals surface area contributed by atoms with Crippen LogP contribution in [0, 0.1) is 18.8 Å². The van der Waals surface area contributed by atoms with E-state index < -0.39 is 21.9 Å². The smallest absolute Gasteiger partial charge is 0.307 e. The Hall–Kier alpha value is -1.86. The second kappa shape index (κ2) is 5.89. The van der Waals surface area contributed by atoms with Crippen molar-refractivity contribution in [2.24, 2.45) is 18.9 Å². The van der Waals surface area contributed by atoms with Crippen molar-refractivity contribution in [1.29, 1.82) is 0 Å². The maximum atomic E-state index is 13.3. The molecule has 7 heteroatoms. The van der Waals surface area contributed by atoms with Crippen LogP contribution in [0.25, 0.3) is 10.9 Å². The van der Waals surface area contributed by atoms with Gasteiger partial charge in [0.2, 0.25) is 10.0 Å². The number of aromatic nitrogens is 1. The number of hydrogen-bond donors (Lipinski definition) is 1. The van der Waals surface area contributed by atoms with Crippen LogP contribution in [-0.4, -0.2) is 41.5 Å². The molecule has 24 heavy (non-hydrogen) atoms. The van der Waals surface area contributed by atoms with Gasteiger partial charge in [-0.15, -0.1) is 0 Å². The second-order valence-corrected chi connectivity index (χ2v) is 8.56. The number of fused-ring (bicyclic) bond motifs is 1. The van der Waals surface area contributed by atoms with E-state index in [-0.39, 0.29) is 12.5 Å². The minimum atomic E-state index is -3.75. The van der Waals surface area contributed by atoms with Crippen molar-refractivity contribution in [3.63, 3.8) is 0 Å². The number of carboxylic acid groups (broad SMARTS) is 1. The number of aryl methyl sites for hydroxylation is 1. The fourth-order valence-corrected chi connectivity index (χ4v) is 5.66. The predicted octanol–water partition coefficient (Wildman–Crippen LogP) is 2.22. The Labute approximate surface area is 141 Å². The van der Waals surface area contributed by atoms with Gasteiger partial charge in [-0.2, -0.15) is 4.31 Å². The standard InChI is InChI=1S/C17H22N2O4S/c1-11-8-13(17(20)21)10-19(9-11)24(22,23)16-12(2)18(3)15-7-5-4-6-14(15)16/h4-7,11,13H,8-10H2,1-3H3,(H,20,21). The molecule has 1 aliphatic rings. The van der Waals surface area contributed by atoms with E-state index in [1.54, 1.807) is 13.0 Å². The summed E-state index contributed by atoms with van der Waals surface area (Å²) < 4.78 is 29.7. The molecule has 1 saturated heterocycles. The Bertz CT molecular complexity index is 901. The van der Waals surface area contributed by atoms with E-state index in [2.05, 4.69) is 0 Å². The second-order valence-electron chi connectivity index (χ2n) is 6.69. The Kier molecular flexibility index (Phi) is 4.17. The first-order valence-electron chi connectivity index (χ1n) is 8.00. The van der Waals surface area contributed by atoms with Crippen molar-refractivity contribution < 1.29 is 18.3 Å². The van der Waals surface area contributed by atoms with Crippen LogP contribution in [0.1, 0.15) is 19.0 Å². The number of para-hydroxylation sites is 1. The molecule has 0 saturated carbocycles. The summed E-state index contributed by atoms with van der Waals surface area (Å²) in [6.07, 6.45) is 0.510. The number of piperidine rings is 1. The number of nitrogens with zero attached hydrogens (tertiary/aromatic N) is 2. The monoisotopic (exact) mass is 350 g/mol. The quantitative estimate of drug-likeness (QED) is 0.920. The predicted molar refractivity (Wildman–Crippen MR) is 91.3 cm³/mol. The molecule has 2 heterocycles. The van der Waals surface area contributed by atoms with E-state index >= 15 is 0 Å². The van der Waals surface area contributed by atoms with Crippen LogP contribution in [0.4, 0.5) is 0 Å². The van der Waals surface area contributed by atoms with Gasteiger partial charge in [-0.1, -0.05) is 25.1 Å². The summed E-state index contributed by atoms with van der Waals surface area (Å²) in [5, 5.41) is 10.00. The summed E-state index contributed by atoms with van der Waals surface area (Å²) in [6.45, 7) is 4.07. The molecule has 0 aliphatic carbocycles. The van der Waals surface area contributed by atoms with Crippen molar-refractivity contribution in [2.75, 3.05) is 13.1 Å². The van der Waals surface area contributed by atoms with E-state index in [4.69, 9.17) is 0 Å². The third kappa shape index (κ3) is 2.61. The van der Waals surface area contributed by atoms with Gasteiger partial charge in [0.25, 0.3) is 0 Å². The molecule has 1 aromatic heterocycles. The summed E-state index contributed by atoms with van der Waals surface area (Å²) in [5.74, 6) is -1.57. The lowest BCUT2D eigenvalue weighted by Crippen LogP contribution is -2.45. The maximum absolute atomic E-state index is 13.3. The highest BCUT2D eigenvalue weighted by Gasteiger charge is 2.38. The first kappa shape index (κ1) is 17.0. The van der Waals surface area contributed by atoms with Crippen molar-refractivity contribution in [3.8, 4) is 0 Å². The highest BCUT2D eigenvalue weighted by Crippen LogP contribution is 2.34. The van der Waals surface area contributed by atoms with Crippen molar-refractivity contribution in [2.45, 2.75) is 25.2 Å². The molecule has 2 atom stereocenters. The first-order valence-corrected chi connectivity index (χ1v) is 9.44. The number of carboxylic acids is 1. The molecule has 0 bridgehead atoms. The molecule has 3 rings (SSSR count). The number of hydrogen-bond acceptors (Lipinski definition) is 3. The molecule has 1 aliphatic heterocycles. The van der Waals surface area contributed by atoms with Gasteiger partial charge >= 0.3 is 5.97 Å². The Morgan fingerprint density at radius 1 is 1.25 bits per heavy atom. The molecule has 0 spiro atoms. The summed E-state index contributed by atoms with van der Waals surface area (Å²) in [6, 6.07) is 7.39.